The van der Waals surface area contributed by atoms with Gasteiger partial charge in [-0.3, -0.25) is 4.79 Å². The minimum absolute atomic E-state index is 0.0989. The Kier molecular flexibility index (Phi) is 5.79. The number of carbonyl (C=O) groups excluding carboxylic acids is 1. The van der Waals surface area contributed by atoms with Crippen LogP contribution in [0.3, 0.4) is 0 Å². The molecule has 1 unspecified atom stereocenters. The predicted octanol–water partition coefficient (Wildman–Crippen LogP) is 6.65. The summed E-state index contributed by atoms with van der Waals surface area (Å²) in [4.78, 5) is 16.3. The Morgan fingerprint density at radius 2 is 1.25 bits per heavy atom. The molecule has 5 rings (SSSR count). The molecule has 0 spiro atoms. The van der Waals surface area contributed by atoms with E-state index >= 15 is 0 Å². The van der Waals surface area contributed by atoms with Crippen LogP contribution in [-0.4, -0.2) is 17.4 Å². The number of hydrogen-bond donors (Lipinski definition) is 0. The average molecular weight is 438 g/mol. The molecule has 0 N–H and O–H groups in total. The topological polar surface area (TPSA) is 20.3 Å². The molecule has 1 amide bonds. The zero-order valence-electron chi connectivity index (χ0n) is 17.7. The first-order valence-electron chi connectivity index (χ1n) is 11.0. The van der Waals surface area contributed by atoms with Gasteiger partial charge in [-0.15, -0.1) is 0 Å². The van der Waals surface area contributed by atoms with E-state index in [2.05, 4.69) is 18.2 Å². The highest BCUT2D eigenvalue weighted by molar-refractivity contribution is 6.31. The van der Waals surface area contributed by atoms with Gasteiger partial charge in [0.15, 0.2) is 0 Å². The van der Waals surface area contributed by atoms with Gasteiger partial charge in [0.05, 0.1) is 12.0 Å². The van der Waals surface area contributed by atoms with Gasteiger partial charge in [0.2, 0.25) is 5.91 Å². The van der Waals surface area contributed by atoms with Crippen LogP contribution in [0.4, 0.5) is 0 Å². The van der Waals surface area contributed by atoms with Crippen LogP contribution in [0.1, 0.15) is 39.8 Å². The van der Waals surface area contributed by atoms with Gasteiger partial charge in [-0.25, -0.2) is 0 Å². The van der Waals surface area contributed by atoms with Crippen molar-refractivity contribution >= 4 is 17.5 Å². The van der Waals surface area contributed by atoms with Gasteiger partial charge in [-0.05, 0) is 40.3 Å². The fourth-order valence-corrected chi connectivity index (χ4v) is 5.01. The number of halogens is 1. The highest BCUT2D eigenvalue weighted by Crippen LogP contribution is 2.40. The highest BCUT2D eigenvalue weighted by Gasteiger charge is 2.37. The second-order valence-electron chi connectivity index (χ2n) is 8.16. The van der Waals surface area contributed by atoms with Crippen LogP contribution in [0, 0.1) is 0 Å². The van der Waals surface area contributed by atoms with E-state index in [4.69, 9.17) is 11.6 Å². The standard InChI is InChI=1S/C29H24ClNO/c30-26-18-10-9-17-25(26)28-24-16-8-7-11-21(24)19-20-31(28)29(32)27(22-12-3-1-4-13-22)23-14-5-2-6-15-23/h1-18,27-28H,19-20H2. The van der Waals surface area contributed by atoms with Crippen LogP contribution in [-0.2, 0) is 11.2 Å². The third-order valence-corrected chi connectivity index (χ3v) is 6.62. The maximum Gasteiger partial charge on any atom is 0.235 e. The van der Waals surface area contributed by atoms with E-state index < -0.39 is 0 Å². The molecule has 1 heterocycles. The van der Waals surface area contributed by atoms with Crippen molar-refractivity contribution in [2.24, 2.45) is 0 Å². The molecule has 0 radical (unpaired) electrons. The minimum Gasteiger partial charge on any atom is -0.330 e. The molecule has 0 saturated carbocycles. The molecule has 0 fully saturated rings. The summed E-state index contributed by atoms with van der Waals surface area (Å²) in [6.45, 7) is 0.655. The number of hydrogen-bond acceptors (Lipinski definition) is 1. The lowest BCUT2D eigenvalue weighted by atomic mass is 9.84. The number of rotatable bonds is 4. The summed E-state index contributed by atoms with van der Waals surface area (Å²) in [5.41, 5.74) is 5.40. The van der Waals surface area contributed by atoms with Crippen molar-refractivity contribution in [2.45, 2.75) is 18.4 Å². The molecule has 4 aromatic rings. The Bertz CT molecular complexity index is 1180. The number of amides is 1. The van der Waals surface area contributed by atoms with E-state index in [0.717, 1.165) is 28.7 Å². The molecule has 32 heavy (non-hydrogen) atoms. The Hall–Kier alpha value is -3.36. The lowest BCUT2D eigenvalue weighted by Crippen LogP contribution is -2.43. The van der Waals surface area contributed by atoms with Gasteiger partial charge in [0, 0.05) is 11.6 Å². The Morgan fingerprint density at radius 1 is 0.719 bits per heavy atom. The first-order chi connectivity index (χ1) is 15.7. The maximum atomic E-state index is 14.3. The molecule has 0 bridgehead atoms. The largest absolute Gasteiger partial charge is 0.330 e. The molecule has 0 aromatic heterocycles. The molecular formula is C29H24ClNO. The van der Waals surface area contributed by atoms with E-state index in [1.165, 1.54) is 5.56 Å². The van der Waals surface area contributed by atoms with Crippen LogP contribution >= 0.6 is 11.6 Å². The Labute approximate surface area is 194 Å². The minimum atomic E-state index is -0.368. The monoisotopic (exact) mass is 437 g/mol. The van der Waals surface area contributed by atoms with Crippen LogP contribution in [0.25, 0.3) is 0 Å². The van der Waals surface area contributed by atoms with E-state index in [1.54, 1.807) is 0 Å². The summed E-state index contributed by atoms with van der Waals surface area (Å²) < 4.78 is 0. The predicted molar refractivity (Wildman–Crippen MR) is 130 cm³/mol. The van der Waals surface area contributed by atoms with Gasteiger partial charge >= 0.3 is 0 Å². The normalized spacial score (nSPS) is 15.4. The second kappa shape index (κ2) is 9.02. The van der Waals surface area contributed by atoms with Gasteiger partial charge in [-0.2, -0.15) is 0 Å². The van der Waals surface area contributed by atoms with E-state index in [0.29, 0.717) is 11.6 Å². The van der Waals surface area contributed by atoms with Crippen molar-refractivity contribution in [3.63, 3.8) is 0 Å². The molecule has 4 aromatic carbocycles. The Morgan fingerprint density at radius 3 is 1.88 bits per heavy atom. The van der Waals surface area contributed by atoms with Gasteiger partial charge in [0.25, 0.3) is 0 Å². The fraction of sp³-hybridized carbons (Fsp3) is 0.138. The van der Waals surface area contributed by atoms with Crippen molar-refractivity contribution in [3.8, 4) is 0 Å². The van der Waals surface area contributed by atoms with Crippen molar-refractivity contribution in [2.75, 3.05) is 6.54 Å². The number of benzene rings is 4. The van der Waals surface area contributed by atoms with Crippen molar-refractivity contribution in [1.82, 2.24) is 4.90 Å². The summed E-state index contributed by atoms with van der Waals surface area (Å²) in [5, 5.41) is 0.683. The zero-order valence-corrected chi connectivity index (χ0v) is 18.5. The Balaban J connectivity index is 1.64. The van der Waals surface area contributed by atoms with Crippen LogP contribution in [0.5, 0.6) is 0 Å². The third-order valence-electron chi connectivity index (χ3n) is 6.28. The molecule has 1 aliphatic rings. The van der Waals surface area contributed by atoms with Gasteiger partial charge in [-0.1, -0.05) is 115 Å². The highest BCUT2D eigenvalue weighted by atomic mass is 35.5. The van der Waals surface area contributed by atoms with E-state index in [9.17, 15) is 4.79 Å². The molecule has 0 saturated heterocycles. The van der Waals surface area contributed by atoms with Crippen LogP contribution < -0.4 is 0 Å². The van der Waals surface area contributed by atoms with Crippen LogP contribution in [0.15, 0.2) is 109 Å². The quantitative estimate of drug-likeness (QED) is 0.350. The number of carbonyl (C=O) groups is 1. The molecule has 0 aliphatic carbocycles. The lowest BCUT2D eigenvalue weighted by Gasteiger charge is -2.40. The third kappa shape index (κ3) is 3.83. The molecule has 3 heteroatoms. The van der Waals surface area contributed by atoms with Gasteiger partial charge in [0.1, 0.15) is 0 Å². The number of fused-ring (bicyclic) bond motifs is 1. The molecular weight excluding hydrogens is 414 g/mol. The summed E-state index contributed by atoms with van der Waals surface area (Å²) >= 11 is 6.67. The number of nitrogens with zero attached hydrogens (tertiary/aromatic N) is 1. The zero-order chi connectivity index (χ0) is 21.9. The van der Waals surface area contributed by atoms with E-state index in [-0.39, 0.29) is 17.9 Å². The summed E-state index contributed by atoms with van der Waals surface area (Å²) in [6.07, 6.45) is 0.833. The molecule has 158 valence electrons. The molecule has 1 atom stereocenters. The molecule has 2 nitrogen and oxygen atoms in total. The summed E-state index contributed by atoms with van der Waals surface area (Å²) in [5.74, 6) is -0.269. The second-order valence-corrected chi connectivity index (χ2v) is 8.57. The smallest absolute Gasteiger partial charge is 0.235 e. The van der Waals surface area contributed by atoms with Crippen molar-refractivity contribution in [3.05, 3.63) is 142 Å². The first-order valence-corrected chi connectivity index (χ1v) is 11.3. The van der Waals surface area contributed by atoms with Gasteiger partial charge < -0.3 is 4.90 Å². The van der Waals surface area contributed by atoms with Crippen molar-refractivity contribution < 1.29 is 4.79 Å². The average Bonchev–Trinajstić information content (AvgIpc) is 2.85. The summed E-state index contributed by atoms with van der Waals surface area (Å²) in [6, 6.07) is 36.2. The molecule has 1 aliphatic heterocycles. The first kappa shape index (κ1) is 20.5. The fourth-order valence-electron chi connectivity index (χ4n) is 4.77. The van der Waals surface area contributed by atoms with Crippen molar-refractivity contribution in [1.29, 1.82) is 0 Å². The lowest BCUT2D eigenvalue weighted by molar-refractivity contribution is -0.134. The SMILES string of the molecule is O=C(C(c1ccccc1)c1ccccc1)N1CCc2ccccc2C1c1ccccc1Cl. The van der Waals surface area contributed by atoms with Crippen LogP contribution in [0.2, 0.25) is 5.02 Å². The summed E-state index contributed by atoms with van der Waals surface area (Å²) in [7, 11) is 0. The van der Waals surface area contributed by atoms with E-state index in [1.807, 2.05) is 95.9 Å². The maximum absolute atomic E-state index is 14.3.